The second-order valence-corrected chi connectivity index (χ2v) is 7.30. The first-order valence-corrected chi connectivity index (χ1v) is 9.64. The van der Waals surface area contributed by atoms with Crippen LogP contribution in [0.4, 0.5) is 13.2 Å². The average molecular weight is 415 g/mol. The summed E-state index contributed by atoms with van der Waals surface area (Å²) in [4.78, 5) is 1.87. The van der Waals surface area contributed by atoms with E-state index in [0.717, 1.165) is 5.56 Å². The molecule has 0 saturated carbocycles. The van der Waals surface area contributed by atoms with Gasteiger partial charge in [-0.2, -0.15) is 0 Å². The summed E-state index contributed by atoms with van der Waals surface area (Å²) in [6.45, 7) is 0.817. The first-order valence-electron chi connectivity index (χ1n) is 9.64. The number of rotatable bonds is 9. The van der Waals surface area contributed by atoms with Crippen molar-refractivity contribution in [2.45, 2.75) is 18.8 Å². The van der Waals surface area contributed by atoms with Gasteiger partial charge in [0.1, 0.15) is 23.6 Å². The fourth-order valence-electron chi connectivity index (χ4n) is 3.29. The summed E-state index contributed by atoms with van der Waals surface area (Å²) in [5.41, 5.74) is 2.20. The largest absolute Gasteiger partial charge is 0.389 e. The summed E-state index contributed by atoms with van der Waals surface area (Å²) in [6.07, 6.45) is -1.37. The highest BCUT2D eigenvalue weighted by Gasteiger charge is 2.18. The molecule has 0 radical (unpaired) electrons. The van der Waals surface area contributed by atoms with Gasteiger partial charge in [-0.1, -0.05) is 36.4 Å². The van der Waals surface area contributed by atoms with Gasteiger partial charge in [0.05, 0.1) is 12.7 Å². The van der Waals surface area contributed by atoms with E-state index in [2.05, 4.69) is 0 Å². The molecule has 3 aromatic carbocycles. The van der Waals surface area contributed by atoms with E-state index in [1.807, 2.05) is 18.0 Å². The summed E-state index contributed by atoms with van der Waals surface area (Å²) in [7, 11) is 1.82. The Bertz CT molecular complexity index is 886. The minimum Gasteiger partial charge on any atom is -0.389 e. The van der Waals surface area contributed by atoms with Crippen molar-refractivity contribution in [1.82, 2.24) is 4.90 Å². The lowest BCUT2D eigenvalue weighted by Crippen LogP contribution is -2.32. The number of ether oxygens (including phenoxy) is 1. The van der Waals surface area contributed by atoms with Crippen LogP contribution in [-0.2, 0) is 11.3 Å². The molecule has 0 heterocycles. The van der Waals surface area contributed by atoms with Gasteiger partial charge in [0.25, 0.3) is 0 Å². The van der Waals surface area contributed by atoms with E-state index in [1.54, 1.807) is 30.3 Å². The molecular weight excluding hydrogens is 391 g/mol. The number of aliphatic hydroxyl groups is 1. The quantitative estimate of drug-likeness (QED) is 0.550. The zero-order valence-electron chi connectivity index (χ0n) is 16.6. The Morgan fingerprint density at radius 2 is 1.40 bits per heavy atom. The first-order chi connectivity index (χ1) is 14.4. The molecule has 3 nitrogen and oxygen atoms in total. The predicted octanol–water partition coefficient (Wildman–Crippen LogP) is 4.70. The Kier molecular flexibility index (Phi) is 7.63. The topological polar surface area (TPSA) is 32.7 Å². The van der Waals surface area contributed by atoms with Gasteiger partial charge in [0, 0.05) is 13.1 Å². The molecule has 30 heavy (non-hydrogen) atoms. The van der Waals surface area contributed by atoms with Crippen LogP contribution in [0.15, 0.2) is 72.8 Å². The molecule has 0 aliphatic rings. The van der Waals surface area contributed by atoms with Gasteiger partial charge in [-0.3, -0.25) is 4.90 Å². The lowest BCUT2D eigenvalue weighted by atomic mass is 10.0. The number of hydrogen-bond donors (Lipinski definition) is 1. The number of likely N-dealkylation sites (N-methyl/N-ethyl adjacent to an activating group) is 1. The maximum Gasteiger partial charge on any atom is 0.123 e. The molecule has 1 atom stereocenters. The zero-order valence-corrected chi connectivity index (χ0v) is 16.6. The molecule has 6 heteroatoms. The first kappa shape index (κ1) is 22.0. The van der Waals surface area contributed by atoms with Crippen molar-refractivity contribution in [3.05, 3.63) is 107 Å². The highest BCUT2D eigenvalue weighted by atomic mass is 19.1. The Morgan fingerprint density at radius 3 is 1.93 bits per heavy atom. The van der Waals surface area contributed by atoms with Crippen LogP contribution in [0.5, 0.6) is 0 Å². The van der Waals surface area contributed by atoms with Crippen LogP contribution in [0.3, 0.4) is 0 Å². The van der Waals surface area contributed by atoms with Crippen molar-refractivity contribution in [1.29, 1.82) is 0 Å². The normalized spacial score (nSPS) is 12.5. The SMILES string of the molecule is CN(Cc1cccc(F)c1)C[C@@H](O)COC(c1ccc(F)cc1)c1ccc(F)cc1. The van der Waals surface area contributed by atoms with Crippen LogP contribution in [0, 0.1) is 17.5 Å². The van der Waals surface area contributed by atoms with Crippen molar-refractivity contribution in [3.8, 4) is 0 Å². The van der Waals surface area contributed by atoms with Gasteiger partial charge < -0.3 is 9.84 Å². The summed E-state index contributed by atoms with van der Waals surface area (Å²) < 4.78 is 45.9. The fraction of sp³-hybridized carbons (Fsp3) is 0.250. The van der Waals surface area contributed by atoms with E-state index in [-0.39, 0.29) is 24.1 Å². The third-order valence-corrected chi connectivity index (χ3v) is 4.66. The lowest BCUT2D eigenvalue weighted by molar-refractivity contribution is -0.00630. The van der Waals surface area contributed by atoms with E-state index < -0.39 is 12.2 Å². The van der Waals surface area contributed by atoms with Gasteiger partial charge in [-0.05, 0) is 60.1 Å². The molecule has 1 N–H and O–H groups in total. The Balaban J connectivity index is 1.62. The minimum atomic E-state index is -0.799. The molecule has 0 aliphatic heterocycles. The van der Waals surface area contributed by atoms with Gasteiger partial charge >= 0.3 is 0 Å². The zero-order chi connectivity index (χ0) is 21.5. The van der Waals surface area contributed by atoms with E-state index in [1.165, 1.54) is 36.4 Å². The van der Waals surface area contributed by atoms with Crippen LogP contribution < -0.4 is 0 Å². The molecule has 3 aromatic rings. The maximum atomic E-state index is 13.3. The highest BCUT2D eigenvalue weighted by molar-refractivity contribution is 5.30. The molecular formula is C24H24F3NO2. The van der Waals surface area contributed by atoms with Crippen molar-refractivity contribution in [3.63, 3.8) is 0 Å². The molecule has 0 bridgehead atoms. The molecule has 3 rings (SSSR count). The molecule has 0 fully saturated rings. The van der Waals surface area contributed by atoms with Crippen LogP contribution in [-0.4, -0.2) is 36.3 Å². The van der Waals surface area contributed by atoms with Gasteiger partial charge in [-0.25, -0.2) is 13.2 Å². The molecule has 0 amide bonds. The standard InChI is InChI=1S/C24H24F3NO2/c1-28(14-17-3-2-4-22(27)13-17)15-23(29)16-30-24(18-5-9-20(25)10-6-18)19-7-11-21(26)12-8-19/h2-13,23-24,29H,14-16H2,1H3/t23-/m1/s1. The van der Waals surface area contributed by atoms with Crippen molar-refractivity contribution < 1.29 is 23.0 Å². The monoisotopic (exact) mass is 415 g/mol. The summed E-state index contributed by atoms with van der Waals surface area (Å²) in [5, 5.41) is 10.4. The smallest absolute Gasteiger partial charge is 0.123 e. The fourth-order valence-corrected chi connectivity index (χ4v) is 3.29. The van der Waals surface area contributed by atoms with Crippen LogP contribution >= 0.6 is 0 Å². The lowest BCUT2D eigenvalue weighted by Gasteiger charge is -2.24. The number of halogens is 3. The number of hydrogen-bond acceptors (Lipinski definition) is 3. The molecule has 0 aliphatic carbocycles. The molecule has 0 aromatic heterocycles. The summed E-state index contributed by atoms with van der Waals surface area (Å²) >= 11 is 0. The minimum absolute atomic E-state index is 0.0207. The Morgan fingerprint density at radius 1 is 0.833 bits per heavy atom. The Labute approximate surface area is 174 Å². The molecule has 0 spiro atoms. The van der Waals surface area contributed by atoms with E-state index in [0.29, 0.717) is 24.2 Å². The molecule has 0 saturated heterocycles. The van der Waals surface area contributed by atoms with Crippen molar-refractivity contribution in [2.75, 3.05) is 20.2 Å². The third-order valence-electron chi connectivity index (χ3n) is 4.66. The summed E-state index contributed by atoms with van der Waals surface area (Å²) in [6, 6.07) is 18.0. The van der Waals surface area contributed by atoms with E-state index in [9.17, 15) is 18.3 Å². The predicted molar refractivity (Wildman–Crippen MR) is 109 cm³/mol. The molecule has 158 valence electrons. The van der Waals surface area contributed by atoms with Gasteiger partial charge in [0.15, 0.2) is 0 Å². The second kappa shape index (κ2) is 10.4. The number of aliphatic hydroxyl groups excluding tert-OH is 1. The number of nitrogens with zero attached hydrogens (tertiary/aromatic N) is 1. The number of benzene rings is 3. The maximum absolute atomic E-state index is 13.3. The van der Waals surface area contributed by atoms with Crippen molar-refractivity contribution >= 4 is 0 Å². The Hall–Kier alpha value is -2.67. The van der Waals surface area contributed by atoms with Gasteiger partial charge in [-0.15, -0.1) is 0 Å². The third kappa shape index (κ3) is 6.42. The van der Waals surface area contributed by atoms with Crippen molar-refractivity contribution in [2.24, 2.45) is 0 Å². The van der Waals surface area contributed by atoms with Crippen LogP contribution in [0.1, 0.15) is 22.8 Å². The van der Waals surface area contributed by atoms with Gasteiger partial charge in [0.2, 0.25) is 0 Å². The molecule has 0 unspecified atom stereocenters. The van der Waals surface area contributed by atoms with Crippen LogP contribution in [0.2, 0.25) is 0 Å². The average Bonchev–Trinajstić information content (AvgIpc) is 2.70. The van der Waals surface area contributed by atoms with Crippen LogP contribution in [0.25, 0.3) is 0 Å². The van der Waals surface area contributed by atoms with E-state index >= 15 is 0 Å². The van der Waals surface area contributed by atoms with E-state index in [4.69, 9.17) is 4.74 Å². The summed E-state index contributed by atoms with van der Waals surface area (Å²) in [5.74, 6) is -1.03. The second-order valence-electron chi connectivity index (χ2n) is 7.30. The highest BCUT2D eigenvalue weighted by Crippen LogP contribution is 2.27.